The van der Waals surface area contributed by atoms with Gasteiger partial charge < -0.3 is 9.47 Å². The number of carbonyl (C=O) groups excluding carboxylic acids is 1. The zero-order valence-electron chi connectivity index (χ0n) is 16.1. The molecule has 1 aliphatic heterocycles. The van der Waals surface area contributed by atoms with Gasteiger partial charge in [-0.15, -0.1) is 0 Å². The summed E-state index contributed by atoms with van der Waals surface area (Å²) < 4.78 is 27.5. The molecule has 0 saturated heterocycles. The van der Waals surface area contributed by atoms with Crippen molar-refractivity contribution < 1.29 is 18.7 Å². The summed E-state index contributed by atoms with van der Waals surface area (Å²) in [5.74, 6) is -0.354. The SMILES string of the molecule is Cc1c(OCc2ccc(C#N)cc2)c(F)cc2c1OC(c1cccc(Br)c1)CC2=O. The van der Waals surface area contributed by atoms with Crippen molar-refractivity contribution in [3.63, 3.8) is 0 Å². The summed E-state index contributed by atoms with van der Waals surface area (Å²) in [6.07, 6.45) is -0.300. The molecule has 0 bridgehead atoms. The van der Waals surface area contributed by atoms with E-state index in [9.17, 15) is 9.18 Å². The first-order valence-electron chi connectivity index (χ1n) is 9.36. The summed E-state index contributed by atoms with van der Waals surface area (Å²) in [4.78, 5) is 12.7. The van der Waals surface area contributed by atoms with E-state index < -0.39 is 11.9 Å². The van der Waals surface area contributed by atoms with Crippen LogP contribution in [0.5, 0.6) is 11.5 Å². The topological polar surface area (TPSA) is 59.3 Å². The van der Waals surface area contributed by atoms with Gasteiger partial charge in [-0.1, -0.05) is 40.2 Å². The summed E-state index contributed by atoms with van der Waals surface area (Å²) in [7, 11) is 0. The average molecular weight is 466 g/mol. The Balaban J connectivity index is 1.62. The van der Waals surface area contributed by atoms with Crippen molar-refractivity contribution in [2.45, 2.75) is 26.1 Å². The molecule has 0 aromatic heterocycles. The minimum Gasteiger partial charge on any atom is -0.485 e. The van der Waals surface area contributed by atoms with Gasteiger partial charge in [-0.2, -0.15) is 5.26 Å². The lowest BCUT2D eigenvalue weighted by atomic mass is 9.94. The number of Topliss-reactive ketones (excluding diaryl/α,β-unsaturated/α-hetero) is 1. The smallest absolute Gasteiger partial charge is 0.170 e. The molecular weight excluding hydrogens is 449 g/mol. The van der Waals surface area contributed by atoms with E-state index in [2.05, 4.69) is 22.0 Å². The molecule has 1 atom stereocenters. The van der Waals surface area contributed by atoms with Gasteiger partial charge in [-0.25, -0.2) is 4.39 Å². The highest BCUT2D eigenvalue weighted by atomic mass is 79.9. The second-order valence-electron chi connectivity index (χ2n) is 7.08. The van der Waals surface area contributed by atoms with E-state index in [0.717, 1.165) is 15.6 Å². The number of benzene rings is 3. The Kier molecular flexibility index (Phi) is 5.56. The Morgan fingerprint density at radius 3 is 2.70 bits per heavy atom. The Bertz CT molecular complexity index is 1170. The van der Waals surface area contributed by atoms with Gasteiger partial charge >= 0.3 is 0 Å². The van der Waals surface area contributed by atoms with Gasteiger partial charge in [0.25, 0.3) is 0 Å². The summed E-state index contributed by atoms with van der Waals surface area (Å²) >= 11 is 3.44. The molecule has 3 aromatic carbocycles. The number of ketones is 1. The molecule has 3 aromatic rings. The van der Waals surface area contributed by atoms with E-state index >= 15 is 0 Å². The summed E-state index contributed by atoms with van der Waals surface area (Å²) in [6, 6.07) is 17.7. The predicted octanol–water partition coefficient (Wildman–Crippen LogP) is 6.05. The van der Waals surface area contributed by atoms with Crippen LogP contribution in [-0.4, -0.2) is 5.78 Å². The summed E-state index contributed by atoms with van der Waals surface area (Å²) in [5, 5.41) is 8.89. The molecule has 1 aliphatic rings. The first-order valence-corrected chi connectivity index (χ1v) is 10.2. The fraction of sp³-hybridized carbons (Fsp3) is 0.167. The van der Waals surface area contributed by atoms with Gasteiger partial charge in [-0.3, -0.25) is 4.79 Å². The summed E-state index contributed by atoms with van der Waals surface area (Å²) in [5.41, 5.74) is 2.90. The molecule has 0 spiro atoms. The van der Waals surface area contributed by atoms with Crippen molar-refractivity contribution in [1.29, 1.82) is 5.26 Å². The van der Waals surface area contributed by atoms with Gasteiger partial charge in [0.05, 0.1) is 23.6 Å². The van der Waals surface area contributed by atoms with Crippen molar-refractivity contribution in [1.82, 2.24) is 0 Å². The number of nitrogens with zero attached hydrogens (tertiary/aromatic N) is 1. The van der Waals surface area contributed by atoms with Gasteiger partial charge in [-0.05, 0) is 48.4 Å². The predicted molar refractivity (Wildman–Crippen MR) is 113 cm³/mol. The van der Waals surface area contributed by atoms with Gasteiger partial charge in [0, 0.05) is 10.0 Å². The lowest BCUT2D eigenvalue weighted by molar-refractivity contribution is 0.0845. The van der Waals surface area contributed by atoms with Crippen LogP contribution in [-0.2, 0) is 6.61 Å². The molecular formula is C24H17BrFNO3. The van der Waals surface area contributed by atoms with E-state index in [1.807, 2.05) is 24.3 Å². The number of ether oxygens (including phenoxy) is 2. The molecule has 4 rings (SSSR count). The van der Waals surface area contributed by atoms with Crippen molar-refractivity contribution in [3.05, 3.63) is 92.7 Å². The number of hydrogen-bond acceptors (Lipinski definition) is 4. The van der Waals surface area contributed by atoms with Crippen molar-refractivity contribution in [2.75, 3.05) is 0 Å². The van der Waals surface area contributed by atoms with Crippen LogP contribution in [0.3, 0.4) is 0 Å². The second kappa shape index (κ2) is 8.29. The number of nitriles is 1. The monoisotopic (exact) mass is 465 g/mol. The van der Waals surface area contributed by atoms with Crippen molar-refractivity contribution in [2.24, 2.45) is 0 Å². The van der Waals surface area contributed by atoms with Crippen LogP contribution in [0.15, 0.2) is 59.1 Å². The number of rotatable bonds is 4. The Hall–Kier alpha value is -3.17. The maximum Gasteiger partial charge on any atom is 0.170 e. The second-order valence-corrected chi connectivity index (χ2v) is 7.99. The molecule has 0 aliphatic carbocycles. The van der Waals surface area contributed by atoms with Gasteiger partial charge in [0.1, 0.15) is 18.5 Å². The lowest BCUT2D eigenvalue weighted by Gasteiger charge is -2.28. The molecule has 0 saturated carbocycles. The zero-order chi connectivity index (χ0) is 21.3. The number of hydrogen-bond donors (Lipinski definition) is 0. The molecule has 1 heterocycles. The molecule has 0 amide bonds. The third-order valence-corrected chi connectivity index (χ3v) is 5.53. The fourth-order valence-electron chi connectivity index (χ4n) is 3.46. The fourth-order valence-corrected chi connectivity index (χ4v) is 3.88. The first kappa shape index (κ1) is 20.1. The van der Waals surface area contributed by atoms with Crippen LogP contribution < -0.4 is 9.47 Å². The molecule has 30 heavy (non-hydrogen) atoms. The van der Waals surface area contributed by atoms with Crippen LogP contribution in [0.2, 0.25) is 0 Å². The molecule has 6 heteroatoms. The van der Waals surface area contributed by atoms with Crippen molar-refractivity contribution >= 4 is 21.7 Å². The van der Waals surface area contributed by atoms with Crippen LogP contribution in [0.25, 0.3) is 0 Å². The Morgan fingerprint density at radius 1 is 1.23 bits per heavy atom. The molecule has 1 unspecified atom stereocenters. The average Bonchev–Trinajstić information content (AvgIpc) is 2.74. The molecule has 0 radical (unpaired) electrons. The van der Waals surface area contributed by atoms with E-state index in [1.165, 1.54) is 6.07 Å². The maximum atomic E-state index is 14.7. The quantitative estimate of drug-likeness (QED) is 0.470. The van der Waals surface area contributed by atoms with E-state index in [1.54, 1.807) is 31.2 Å². The van der Waals surface area contributed by atoms with Gasteiger partial charge in [0.15, 0.2) is 17.3 Å². The van der Waals surface area contributed by atoms with Gasteiger partial charge in [0.2, 0.25) is 0 Å². The minimum atomic E-state index is -0.599. The highest BCUT2D eigenvalue weighted by molar-refractivity contribution is 9.10. The third kappa shape index (κ3) is 3.94. The standard InChI is InChI=1S/C24H17BrFNO3/c1-14-23-19(21(28)11-22(30-23)17-3-2-4-18(25)9-17)10-20(26)24(14)29-13-16-7-5-15(12-27)6-8-16/h2-10,22H,11,13H2,1H3. The summed E-state index contributed by atoms with van der Waals surface area (Å²) in [6.45, 7) is 1.82. The highest BCUT2D eigenvalue weighted by Crippen LogP contribution is 2.42. The van der Waals surface area contributed by atoms with Crippen molar-refractivity contribution in [3.8, 4) is 17.6 Å². The normalized spacial score (nSPS) is 15.1. The number of fused-ring (bicyclic) bond motifs is 1. The lowest BCUT2D eigenvalue weighted by Crippen LogP contribution is -2.22. The van der Waals surface area contributed by atoms with E-state index in [4.69, 9.17) is 14.7 Å². The van der Waals surface area contributed by atoms with E-state index in [0.29, 0.717) is 16.9 Å². The minimum absolute atomic E-state index is 0.0563. The van der Waals surface area contributed by atoms with Crippen LogP contribution in [0, 0.1) is 24.1 Å². The number of halogens is 2. The largest absolute Gasteiger partial charge is 0.485 e. The first-order chi connectivity index (χ1) is 14.5. The van der Waals surface area contributed by atoms with Crippen LogP contribution in [0.1, 0.15) is 45.1 Å². The van der Waals surface area contributed by atoms with Crippen LogP contribution >= 0.6 is 15.9 Å². The Labute approximate surface area is 182 Å². The Morgan fingerprint density at radius 2 is 2.00 bits per heavy atom. The molecule has 0 fully saturated rings. The van der Waals surface area contributed by atoms with E-state index in [-0.39, 0.29) is 30.1 Å². The zero-order valence-corrected chi connectivity index (χ0v) is 17.7. The maximum absolute atomic E-state index is 14.7. The highest BCUT2D eigenvalue weighted by Gasteiger charge is 2.31. The van der Waals surface area contributed by atoms with Crippen LogP contribution in [0.4, 0.5) is 4.39 Å². The molecule has 0 N–H and O–H groups in total. The molecule has 4 nitrogen and oxygen atoms in total. The number of carbonyl (C=O) groups is 1. The third-order valence-electron chi connectivity index (χ3n) is 5.03. The molecule has 150 valence electrons.